The largest absolute Gasteiger partial charge is 0.300 e. The number of carbonyl (C=O) groups is 4. The number of fused-ring (bicyclic) bond motifs is 1. The minimum absolute atomic E-state index is 0.0114. The van der Waals surface area contributed by atoms with Gasteiger partial charge in [0.1, 0.15) is 17.3 Å². The zero-order valence-electron chi connectivity index (χ0n) is 30.7. The molecule has 0 radical (unpaired) electrons. The molecule has 3 unspecified atom stereocenters. The van der Waals surface area contributed by atoms with Crippen molar-refractivity contribution >= 4 is 23.1 Å². The van der Waals surface area contributed by atoms with E-state index in [1.54, 1.807) is 0 Å². The Morgan fingerprint density at radius 3 is 2.07 bits per heavy atom. The Labute approximate surface area is 280 Å². The Morgan fingerprint density at radius 2 is 1.54 bits per heavy atom. The Hall–Kier alpha value is -2.88. The number of hydrogen-bond donors (Lipinski definition) is 0. The van der Waals surface area contributed by atoms with Crippen LogP contribution in [0.4, 0.5) is 0 Å². The summed E-state index contributed by atoms with van der Waals surface area (Å²) in [4.78, 5) is 51.4. The van der Waals surface area contributed by atoms with Crippen molar-refractivity contribution in [3.8, 4) is 0 Å². The van der Waals surface area contributed by atoms with Crippen molar-refractivity contribution < 1.29 is 19.2 Å². The first-order chi connectivity index (χ1) is 21.8. The first-order valence-corrected chi connectivity index (χ1v) is 18.1. The SMILES string of the molecule is CCC.CCCC(CC1CC(=O)c2c(C)c(CCC(=O)Cc3ccc(C(C)C)cc3)cc(C(C)C)c2C1)C(CC)C(=O)CC(C)=O. The summed E-state index contributed by atoms with van der Waals surface area (Å²) in [7, 11) is 0. The standard InChI is InChI=1S/C39H54O4.C3H8/c1-9-11-32(34(10-2)37(42)18-26(7)40)19-29-21-36-35(25(5)6)23-31(27(8)39(36)38(43)22-29)16-17-33(41)20-28-12-14-30(15-13-28)24(3)4;1-3-2/h12-15,23-25,29,32,34H,9-11,16-22H2,1-8H3;3H2,1-2H3. The third kappa shape index (κ3) is 11.1. The molecule has 4 nitrogen and oxygen atoms in total. The van der Waals surface area contributed by atoms with Gasteiger partial charge in [-0.1, -0.05) is 105 Å². The maximum absolute atomic E-state index is 13.8. The lowest BCUT2D eigenvalue weighted by Crippen LogP contribution is -2.30. The summed E-state index contributed by atoms with van der Waals surface area (Å²) < 4.78 is 0. The van der Waals surface area contributed by atoms with Gasteiger partial charge in [0.05, 0.1) is 6.42 Å². The molecule has 0 aromatic heterocycles. The van der Waals surface area contributed by atoms with Gasteiger partial charge >= 0.3 is 0 Å². The molecular weight excluding hydrogens is 568 g/mol. The van der Waals surface area contributed by atoms with E-state index in [1.807, 2.05) is 6.92 Å². The fourth-order valence-corrected chi connectivity index (χ4v) is 7.27. The molecule has 1 aliphatic carbocycles. The molecule has 1 aliphatic rings. The van der Waals surface area contributed by atoms with E-state index in [9.17, 15) is 19.2 Å². The van der Waals surface area contributed by atoms with Gasteiger partial charge < -0.3 is 0 Å². The predicted octanol–water partition coefficient (Wildman–Crippen LogP) is 10.5. The second-order valence-electron chi connectivity index (χ2n) is 14.4. The molecule has 0 amide bonds. The number of ketones is 4. The van der Waals surface area contributed by atoms with E-state index in [-0.39, 0.29) is 53.2 Å². The number of aryl methyl sites for hydroxylation is 1. The smallest absolute Gasteiger partial charge is 0.163 e. The predicted molar refractivity (Wildman–Crippen MR) is 192 cm³/mol. The average Bonchev–Trinajstić information content (AvgIpc) is 2.97. The Kier molecular flexibility index (Phi) is 16.3. The molecule has 254 valence electrons. The highest BCUT2D eigenvalue weighted by atomic mass is 16.1. The van der Waals surface area contributed by atoms with Crippen LogP contribution in [0, 0.1) is 24.7 Å². The molecular formula is C42H62O4. The van der Waals surface area contributed by atoms with E-state index >= 15 is 0 Å². The van der Waals surface area contributed by atoms with Gasteiger partial charge in [0, 0.05) is 30.7 Å². The van der Waals surface area contributed by atoms with Crippen LogP contribution < -0.4 is 0 Å². The summed E-state index contributed by atoms with van der Waals surface area (Å²) in [6, 6.07) is 10.6. The molecule has 0 saturated heterocycles. The van der Waals surface area contributed by atoms with E-state index in [0.29, 0.717) is 31.6 Å². The number of hydrogen-bond acceptors (Lipinski definition) is 4. The number of benzene rings is 2. The molecule has 0 bridgehead atoms. The summed E-state index contributed by atoms with van der Waals surface area (Å²) in [5.74, 6) is 1.40. The van der Waals surface area contributed by atoms with Gasteiger partial charge in [0.25, 0.3) is 0 Å². The molecule has 0 N–H and O–H groups in total. The van der Waals surface area contributed by atoms with Crippen LogP contribution in [0.1, 0.15) is 169 Å². The lowest BCUT2D eigenvalue weighted by Gasteiger charge is -2.33. The molecule has 0 heterocycles. The van der Waals surface area contributed by atoms with Crippen LogP contribution in [0.2, 0.25) is 0 Å². The molecule has 46 heavy (non-hydrogen) atoms. The van der Waals surface area contributed by atoms with Gasteiger partial charge in [-0.05, 0) is 96.6 Å². The average molecular weight is 631 g/mol. The van der Waals surface area contributed by atoms with Crippen molar-refractivity contribution in [1.29, 1.82) is 0 Å². The molecule has 3 atom stereocenters. The fourth-order valence-electron chi connectivity index (χ4n) is 7.27. The molecule has 0 saturated carbocycles. The van der Waals surface area contributed by atoms with Gasteiger partial charge in [-0.25, -0.2) is 0 Å². The number of rotatable bonds is 16. The Balaban J connectivity index is 0.00000236. The molecule has 0 fully saturated rings. The van der Waals surface area contributed by atoms with Crippen LogP contribution in [0.5, 0.6) is 0 Å². The quantitative estimate of drug-likeness (QED) is 0.173. The van der Waals surface area contributed by atoms with Crippen LogP contribution in [0.3, 0.4) is 0 Å². The van der Waals surface area contributed by atoms with Crippen LogP contribution in [-0.2, 0) is 33.6 Å². The maximum Gasteiger partial charge on any atom is 0.163 e. The third-order valence-electron chi connectivity index (χ3n) is 9.57. The van der Waals surface area contributed by atoms with E-state index in [2.05, 4.69) is 85.7 Å². The van der Waals surface area contributed by atoms with Crippen LogP contribution in [0.15, 0.2) is 30.3 Å². The van der Waals surface area contributed by atoms with Crippen LogP contribution >= 0.6 is 0 Å². The first kappa shape index (κ1) is 39.3. The second kappa shape index (κ2) is 19.1. The maximum atomic E-state index is 13.8. The minimum Gasteiger partial charge on any atom is -0.300 e. The normalized spacial score (nSPS) is 15.7. The van der Waals surface area contributed by atoms with E-state index in [0.717, 1.165) is 54.4 Å². The monoisotopic (exact) mass is 630 g/mol. The van der Waals surface area contributed by atoms with E-state index < -0.39 is 0 Å². The summed E-state index contributed by atoms with van der Waals surface area (Å²) >= 11 is 0. The van der Waals surface area contributed by atoms with Crippen molar-refractivity contribution in [3.05, 3.63) is 69.3 Å². The van der Waals surface area contributed by atoms with Gasteiger partial charge in [0.15, 0.2) is 5.78 Å². The Bertz CT molecular complexity index is 1310. The van der Waals surface area contributed by atoms with Gasteiger partial charge in [-0.2, -0.15) is 0 Å². The van der Waals surface area contributed by atoms with Gasteiger partial charge in [0.2, 0.25) is 0 Å². The summed E-state index contributed by atoms with van der Waals surface area (Å²) in [5, 5.41) is 0. The summed E-state index contributed by atoms with van der Waals surface area (Å²) in [6.45, 7) is 20.7. The van der Waals surface area contributed by atoms with Crippen LogP contribution in [-0.4, -0.2) is 23.1 Å². The van der Waals surface area contributed by atoms with Crippen molar-refractivity contribution in [2.24, 2.45) is 17.8 Å². The zero-order valence-corrected chi connectivity index (χ0v) is 30.7. The second-order valence-corrected chi connectivity index (χ2v) is 14.4. The van der Waals surface area contributed by atoms with Crippen molar-refractivity contribution in [2.75, 3.05) is 0 Å². The number of carbonyl (C=O) groups excluding carboxylic acids is 4. The number of Topliss-reactive ketones (excluding diaryl/α,β-unsaturated/α-hetero) is 4. The van der Waals surface area contributed by atoms with Gasteiger partial charge in [-0.3, -0.25) is 19.2 Å². The van der Waals surface area contributed by atoms with E-state index in [4.69, 9.17) is 0 Å². The fraction of sp³-hybridized carbons (Fsp3) is 0.619. The minimum atomic E-state index is -0.125. The van der Waals surface area contributed by atoms with E-state index in [1.165, 1.54) is 30.0 Å². The lowest BCUT2D eigenvalue weighted by atomic mass is 9.70. The lowest BCUT2D eigenvalue weighted by molar-refractivity contribution is -0.130. The molecule has 3 rings (SSSR count). The van der Waals surface area contributed by atoms with Crippen molar-refractivity contribution in [3.63, 3.8) is 0 Å². The summed E-state index contributed by atoms with van der Waals surface area (Å²) in [5.41, 5.74) is 7.75. The molecule has 4 heteroatoms. The van der Waals surface area contributed by atoms with Crippen molar-refractivity contribution in [2.45, 2.75) is 152 Å². The highest BCUT2D eigenvalue weighted by molar-refractivity contribution is 6.01. The topological polar surface area (TPSA) is 68.3 Å². The Morgan fingerprint density at radius 1 is 0.913 bits per heavy atom. The third-order valence-corrected chi connectivity index (χ3v) is 9.57. The molecule has 2 aromatic rings. The highest BCUT2D eigenvalue weighted by Gasteiger charge is 2.34. The van der Waals surface area contributed by atoms with Crippen molar-refractivity contribution in [1.82, 2.24) is 0 Å². The van der Waals surface area contributed by atoms with Crippen LogP contribution in [0.25, 0.3) is 0 Å². The van der Waals surface area contributed by atoms with Gasteiger partial charge in [-0.15, -0.1) is 0 Å². The molecule has 2 aromatic carbocycles. The zero-order chi connectivity index (χ0) is 34.6. The molecule has 0 aliphatic heterocycles. The molecule has 0 spiro atoms. The summed E-state index contributed by atoms with van der Waals surface area (Å²) in [6.07, 6.45) is 7.64. The highest BCUT2D eigenvalue weighted by Crippen LogP contribution is 2.40. The first-order valence-electron chi connectivity index (χ1n) is 18.1.